The first-order valence-corrected chi connectivity index (χ1v) is 6.62. The zero-order valence-corrected chi connectivity index (χ0v) is 11.2. The average molecular weight is 288 g/mol. The van der Waals surface area contributed by atoms with Crippen LogP contribution in [0.4, 0.5) is 0 Å². The third-order valence-electron chi connectivity index (χ3n) is 3.80. The predicted molar refractivity (Wildman–Crippen MR) is 70.6 cm³/mol. The Morgan fingerprint density at radius 1 is 1.33 bits per heavy atom. The molecule has 109 valence electrons. The highest BCUT2D eigenvalue weighted by Gasteiger charge is 2.49. The molecule has 2 aliphatic rings. The monoisotopic (exact) mass is 288 g/mol. The molecule has 2 unspecified atom stereocenters. The number of carbonyl (C=O) groups is 3. The number of fused-ring (bicyclic) bond motifs is 1. The molecule has 0 saturated carbocycles. The van der Waals surface area contributed by atoms with Crippen molar-refractivity contribution in [3.63, 3.8) is 0 Å². The standard InChI is InChI=1S/C14H14N3O4/c15-13(19)11(8-1-4-16-5-2-8)14(20)17-6-3-10-12(17)9(18)7-21-10/h1-2,4-5,10,12H,3,6-7H2,(H2,15,19). The van der Waals surface area contributed by atoms with E-state index < -0.39 is 17.9 Å². The number of hydrogen-bond acceptors (Lipinski definition) is 5. The highest BCUT2D eigenvalue weighted by atomic mass is 16.5. The minimum Gasteiger partial charge on any atom is -0.368 e. The summed E-state index contributed by atoms with van der Waals surface area (Å²) in [6, 6.07) is 2.48. The Morgan fingerprint density at radius 2 is 2.05 bits per heavy atom. The van der Waals surface area contributed by atoms with E-state index in [9.17, 15) is 14.4 Å². The van der Waals surface area contributed by atoms with Crippen LogP contribution in [0.15, 0.2) is 24.5 Å². The van der Waals surface area contributed by atoms with E-state index in [2.05, 4.69) is 4.98 Å². The number of aromatic nitrogens is 1. The average Bonchev–Trinajstić information content (AvgIpc) is 3.03. The number of rotatable bonds is 3. The van der Waals surface area contributed by atoms with Gasteiger partial charge < -0.3 is 15.4 Å². The zero-order chi connectivity index (χ0) is 15.0. The van der Waals surface area contributed by atoms with E-state index in [1.54, 1.807) is 12.1 Å². The Kier molecular flexibility index (Phi) is 3.42. The molecular formula is C14H14N3O4. The molecule has 0 aromatic carbocycles. The van der Waals surface area contributed by atoms with Crippen LogP contribution in [0.2, 0.25) is 0 Å². The molecule has 3 rings (SSSR count). The topological polar surface area (TPSA) is 103 Å². The van der Waals surface area contributed by atoms with Crippen molar-refractivity contribution in [1.82, 2.24) is 9.88 Å². The van der Waals surface area contributed by atoms with Crippen molar-refractivity contribution in [2.24, 2.45) is 5.73 Å². The molecule has 3 heterocycles. The Bertz CT molecular complexity index is 589. The summed E-state index contributed by atoms with van der Waals surface area (Å²) in [5.74, 6) is -1.61. The number of amides is 2. The molecule has 2 fully saturated rings. The first-order chi connectivity index (χ1) is 10.1. The molecule has 0 spiro atoms. The molecule has 0 aliphatic carbocycles. The number of likely N-dealkylation sites (tertiary alicyclic amines) is 1. The first-order valence-electron chi connectivity index (χ1n) is 6.62. The lowest BCUT2D eigenvalue weighted by Crippen LogP contribution is -2.47. The second kappa shape index (κ2) is 5.25. The molecule has 1 radical (unpaired) electrons. The van der Waals surface area contributed by atoms with E-state index in [0.29, 0.717) is 18.5 Å². The molecule has 1 aromatic heterocycles. The van der Waals surface area contributed by atoms with Crippen molar-refractivity contribution in [3.8, 4) is 0 Å². The molecule has 2 atom stereocenters. The van der Waals surface area contributed by atoms with Crippen LogP contribution in [0, 0.1) is 5.92 Å². The van der Waals surface area contributed by atoms with E-state index in [-0.39, 0.29) is 24.4 Å². The molecule has 2 amide bonds. The highest BCUT2D eigenvalue weighted by Crippen LogP contribution is 2.30. The number of Topliss-reactive ketones (excluding diaryl/α,β-unsaturated/α-hetero) is 1. The first kappa shape index (κ1) is 13.7. The molecule has 2 N–H and O–H groups in total. The van der Waals surface area contributed by atoms with Crippen LogP contribution < -0.4 is 5.73 Å². The summed E-state index contributed by atoms with van der Waals surface area (Å²) in [7, 11) is 0. The summed E-state index contributed by atoms with van der Waals surface area (Å²) in [6.45, 7) is 0.391. The summed E-state index contributed by atoms with van der Waals surface area (Å²) in [5.41, 5.74) is 5.75. The summed E-state index contributed by atoms with van der Waals surface area (Å²) in [6.07, 6.45) is 3.27. The van der Waals surface area contributed by atoms with Crippen molar-refractivity contribution >= 4 is 17.6 Å². The number of pyridine rings is 1. The summed E-state index contributed by atoms with van der Waals surface area (Å²) in [5, 5.41) is 0. The number of ether oxygens (including phenoxy) is 1. The van der Waals surface area contributed by atoms with E-state index in [1.165, 1.54) is 17.3 Å². The number of nitrogens with two attached hydrogens (primary N) is 1. The van der Waals surface area contributed by atoms with Crippen molar-refractivity contribution in [2.45, 2.75) is 18.6 Å². The van der Waals surface area contributed by atoms with Crippen LogP contribution in [-0.2, 0) is 19.1 Å². The normalized spacial score (nSPS) is 24.4. The number of carbonyl (C=O) groups excluding carboxylic acids is 3. The van der Waals surface area contributed by atoms with E-state index >= 15 is 0 Å². The van der Waals surface area contributed by atoms with Gasteiger partial charge in [-0.2, -0.15) is 0 Å². The van der Waals surface area contributed by atoms with Crippen molar-refractivity contribution < 1.29 is 19.1 Å². The van der Waals surface area contributed by atoms with Gasteiger partial charge in [-0.25, -0.2) is 0 Å². The van der Waals surface area contributed by atoms with Gasteiger partial charge in [0.2, 0.25) is 11.8 Å². The molecule has 21 heavy (non-hydrogen) atoms. The largest absolute Gasteiger partial charge is 0.368 e. The lowest BCUT2D eigenvalue weighted by atomic mass is 9.97. The minimum atomic E-state index is -0.819. The molecule has 0 bridgehead atoms. The molecule has 7 heteroatoms. The van der Waals surface area contributed by atoms with Gasteiger partial charge in [-0.3, -0.25) is 19.4 Å². The number of nitrogens with zero attached hydrogens (tertiary/aromatic N) is 2. The third kappa shape index (κ3) is 2.29. The fourth-order valence-corrected chi connectivity index (χ4v) is 2.86. The van der Waals surface area contributed by atoms with Gasteiger partial charge in [0, 0.05) is 18.9 Å². The van der Waals surface area contributed by atoms with E-state index in [1.807, 2.05) is 0 Å². The Balaban J connectivity index is 1.89. The van der Waals surface area contributed by atoms with Crippen LogP contribution >= 0.6 is 0 Å². The van der Waals surface area contributed by atoms with Gasteiger partial charge in [0.25, 0.3) is 0 Å². The van der Waals surface area contributed by atoms with Gasteiger partial charge in [0.1, 0.15) is 12.6 Å². The number of hydrogen-bond donors (Lipinski definition) is 1. The van der Waals surface area contributed by atoms with Crippen molar-refractivity contribution in [2.75, 3.05) is 13.2 Å². The maximum Gasteiger partial charge on any atom is 0.245 e. The SMILES string of the molecule is NC(=O)[C](C(=O)N1CCC2OCC(=O)C21)c1ccncc1. The highest BCUT2D eigenvalue weighted by molar-refractivity contribution is 6.18. The quantitative estimate of drug-likeness (QED) is 0.723. The van der Waals surface area contributed by atoms with Gasteiger partial charge in [0.15, 0.2) is 11.7 Å². The Labute approximate surface area is 121 Å². The van der Waals surface area contributed by atoms with Crippen molar-refractivity contribution in [1.29, 1.82) is 0 Å². The number of ketones is 1. The van der Waals surface area contributed by atoms with Crippen LogP contribution in [0.5, 0.6) is 0 Å². The summed E-state index contributed by atoms with van der Waals surface area (Å²) in [4.78, 5) is 41.4. The number of primary amides is 1. The van der Waals surface area contributed by atoms with Crippen LogP contribution in [0.3, 0.4) is 0 Å². The third-order valence-corrected chi connectivity index (χ3v) is 3.80. The fraction of sp³-hybridized carbons (Fsp3) is 0.357. The zero-order valence-electron chi connectivity index (χ0n) is 11.2. The fourth-order valence-electron chi connectivity index (χ4n) is 2.86. The predicted octanol–water partition coefficient (Wildman–Crippen LogP) is -0.942. The van der Waals surface area contributed by atoms with E-state index in [0.717, 1.165) is 0 Å². The molecular weight excluding hydrogens is 274 g/mol. The smallest absolute Gasteiger partial charge is 0.245 e. The second-order valence-electron chi connectivity index (χ2n) is 5.02. The minimum absolute atomic E-state index is 0.0142. The van der Waals surface area contributed by atoms with Gasteiger partial charge in [-0.05, 0) is 24.1 Å². The van der Waals surface area contributed by atoms with Gasteiger partial charge in [0.05, 0.1) is 6.10 Å². The van der Waals surface area contributed by atoms with Crippen molar-refractivity contribution in [3.05, 3.63) is 36.0 Å². The second-order valence-corrected chi connectivity index (χ2v) is 5.02. The summed E-state index contributed by atoms with van der Waals surface area (Å²) >= 11 is 0. The molecule has 2 saturated heterocycles. The Morgan fingerprint density at radius 3 is 2.71 bits per heavy atom. The maximum absolute atomic E-state index is 12.6. The van der Waals surface area contributed by atoms with Crippen LogP contribution in [-0.4, -0.2) is 52.8 Å². The summed E-state index contributed by atoms with van der Waals surface area (Å²) < 4.78 is 5.34. The molecule has 2 aliphatic heterocycles. The lowest BCUT2D eigenvalue weighted by molar-refractivity contribution is -0.136. The van der Waals surface area contributed by atoms with Crippen LogP contribution in [0.25, 0.3) is 0 Å². The molecule has 1 aromatic rings. The maximum atomic E-state index is 12.6. The van der Waals surface area contributed by atoms with Gasteiger partial charge in [-0.1, -0.05) is 0 Å². The van der Waals surface area contributed by atoms with Gasteiger partial charge >= 0.3 is 0 Å². The van der Waals surface area contributed by atoms with Gasteiger partial charge in [-0.15, -0.1) is 0 Å². The van der Waals surface area contributed by atoms with Crippen LogP contribution in [0.1, 0.15) is 12.0 Å². The Hall–Kier alpha value is -2.28. The molecule has 7 nitrogen and oxygen atoms in total. The lowest BCUT2D eigenvalue weighted by Gasteiger charge is -2.25. The van der Waals surface area contributed by atoms with E-state index in [4.69, 9.17) is 10.5 Å².